The zero-order chi connectivity index (χ0) is 12.3. The Morgan fingerprint density at radius 2 is 2.12 bits per heavy atom. The molecule has 0 radical (unpaired) electrons. The van der Waals surface area contributed by atoms with Crippen LogP contribution in [0.5, 0.6) is 0 Å². The number of carboxylic acids is 1. The van der Waals surface area contributed by atoms with E-state index in [4.69, 9.17) is 9.84 Å². The lowest BCUT2D eigenvalue weighted by molar-refractivity contribution is 0.0561. The van der Waals surface area contributed by atoms with Gasteiger partial charge < -0.3 is 9.84 Å². The molecule has 0 aliphatic heterocycles. The van der Waals surface area contributed by atoms with Crippen molar-refractivity contribution >= 4 is 5.97 Å². The lowest BCUT2D eigenvalue weighted by atomic mass is 10.1. The second-order valence-electron chi connectivity index (χ2n) is 3.97. The van der Waals surface area contributed by atoms with Crippen molar-refractivity contribution in [3.8, 4) is 0 Å². The van der Waals surface area contributed by atoms with E-state index in [1.54, 1.807) is 14.0 Å². The van der Waals surface area contributed by atoms with Crippen LogP contribution in [0.15, 0.2) is 6.20 Å². The van der Waals surface area contributed by atoms with Crippen molar-refractivity contribution in [2.75, 3.05) is 7.11 Å². The summed E-state index contributed by atoms with van der Waals surface area (Å²) in [5.41, 5.74) is 0.586. The molecule has 0 saturated carbocycles. The molecule has 5 nitrogen and oxygen atoms in total. The Morgan fingerprint density at radius 1 is 1.50 bits per heavy atom. The molecule has 0 bridgehead atoms. The monoisotopic (exact) mass is 224 g/mol. The second-order valence-corrected chi connectivity index (χ2v) is 3.97. The summed E-state index contributed by atoms with van der Waals surface area (Å²) in [4.78, 5) is 19.1. The number of hydrogen-bond donors (Lipinski definition) is 1. The Kier molecular flexibility index (Phi) is 3.95. The molecule has 5 heteroatoms. The summed E-state index contributed by atoms with van der Waals surface area (Å²) in [5, 5.41) is 8.95. The number of aryl methyl sites for hydroxylation is 1. The van der Waals surface area contributed by atoms with Crippen LogP contribution in [0.4, 0.5) is 0 Å². The van der Waals surface area contributed by atoms with Gasteiger partial charge in [0.2, 0.25) is 0 Å². The standard InChI is InChI=1S/C11H16N2O3/c1-6(2)9(16-4)10-12-5-7(3)8(13-10)11(14)15/h5-6,9H,1-4H3,(H,14,15). The van der Waals surface area contributed by atoms with Gasteiger partial charge in [-0.25, -0.2) is 14.8 Å². The highest BCUT2D eigenvalue weighted by atomic mass is 16.5. The molecule has 0 aliphatic rings. The first-order valence-corrected chi connectivity index (χ1v) is 5.07. The van der Waals surface area contributed by atoms with E-state index < -0.39 is 5.97 Å². The van der Waals surface area contributed by atoms with Crippen LogP contribution >= 0.6 is 0 Å². The number of ether oxygens (including phenoxy) is 1. The molecule has 0 saturated heterocycles. The van der Waals surface area contributed by atoms with Gasteiger partial charge in [-0.2, -0.15) is 0 Å². The summed E-state index contributed by atoms with van der Waals surface area (Å²) >= 11 is 0. The van der Waals surface area contributed by atoms with Gasteiger partial charge >= 0.3 is 5.97 Å². The predicted molar refractivity (Wildman–Crippen MR) is 58.3 cm³/mol. The highest BCUT2D eigenvalue weighted by Crippen LogP contribution is 2.22. The molecule has 1 rings (SSSR count). The third-order valence-corrected chi connectivity index (χ3v) is 2.31. The first-order valence-electron chi connectivity index (χ1n) is 5.07. The van der Waals surface area contributed by atoms with E-state index in [1.807, 2.05) is 13.8 Å². The molecule has 1 aromatic heterocycles. The van der Waals surface area contributed by atoms with Gasteiger partial charge in [0.25, 0.3) is 0 Å². The third-order valence-electron chi connectivity index (χ3n) is 2.31. The highest BCUT2D eigenvalue weighted by Gasteiger charge is 2.20. The number of rotatable bonds is 4. The number of nitrogens with zero attached hydrogens (tertiary/aromatic N) is 2. The van der Waals surface area contributed by atoms with Crippen LogP contribution in [0.25, 0.3) is 0 Å². The maximum absolute atomic E-state index is 10.9. The minimum Gasteiger partial charge on any atom is -0.477 e. The quantitative estimate of drug-likeness (QED) is 0.844. The summed E-state index contributed by atoms with van der Waals surface area (Å²) < 4.78 is 5.25. The Labute approximate surface area is 94.5 Å². The first kappa shape index (κ1) is 12.6. The van der Waals surface area contributed by atoms with Crippen molar-refractivity contribution in [1.82, 2.24) is 9.97 Å². The molecule has 1 heterocycles. The Hall–Kier alpha value is -1.49. The van der Waals surface area contributed by atoms with Gasteiger partial charge in [-0.05, 0) is 12.8 Å². The lowest BCUT2D eigenvalue weighted by Gasteiger charge is -2.18. The van der Waals surface area contributed by atoms with Crippen molar-refractivity contribution in [2.45, 2.75) is 26.9 Å². The van der Waals surface area contributed by atoms with Crippen molar-refractivity contribution in [3.05, 3.63) is 23.3 Å². The predicted octanol–water partition coefficient (Wildman–Crippen LogP) is 1.83. The summed E-state index contributed by atoms with van der Waals surface area (Å²) in [6.07, 6.45) is 1.24. The average Bonchev–Trinajstić information content (AvgIpc) is 2.20. The van der Waals surface area contributed by atoms with E-state index in [2.05, 4.69) is 9.97 Å². The Morgan fingerprint density at radius 3 is 2.56 bits per heavy atom. The molecular weight excluding hydrogens is 208 g/mol. The highest BCUT2D eigenvalue weighted by molar-refractivity contribution is 5.86. The molecule has 1 atom stereocenters. The fraction of sp³-hybridized carbons (Fsp3) is 0.545. The maximum Gasteiger partial charge on any atom is 0.354 e. The molecule has 1 aromatic rings. The van der Waals surface area contributed by atoms with E-state index in [0.717, 1.165) is 0 Å². The molecule has 1 unspecified atom stereocenters. The SMILES string of the molecule is COC(c1ncc(C)c(C(=O)O)n1)C(C)C. The zero-order valence-corrected chi connectivity index (χ0v) is 9.89. The topological polar surface area (TPSA) is 72.3 Å². The van der Waals surface area contributed by atoms with Crippen LogP contribution in [0.2, 0.25) is 0 Å². The number of methoxy groups -OCH3 is 1. The van der Waals surface area contributed by atoms with E-state index in [-0.39, 0.29) is 17.7 Å². The van der Waals surface area contributed by atoms with Crippen molar-refractivity contribution in [3.63, 3.8) is 0 Å². The summed E-state index contributed by atoms with van der Waals surface area (Å²) in [7, 11) is 1.56. The van der Waals surface area contributed by atoms with Gasteiger partial charge in [-0.15, -0.1) is 0 Å². The molecule has 0 spiro atoms. The number of aromatic nitrogens is 2. The normalized spacial score (nSPS) is 12.8. The average molecular weight is 224 g/mol. The molecule has 16 heavy (non-hydrogen) atoms. The van der Waals surface area contributed by atoms with Crippen molar-refractivity contribution < 1.29 is 14.6 Å². The zero-order valence-electron chi connectivity index (χ0n) is 9.89. The summed E-state index contributed by atoms with van der Waals surface area (Å²) in [5.74, 6) is -0.436. The largest absolute Gasteiger partial charge is 0.477 e. The minimum absolute atomic E-state index is 0.0349. The van der Waals surface area contributed by atoms with E-state index in [9.17, 15) is 4.79 Å². The summed E-state index contributed by atoms with van der Waals surface area (Å²) in [6, 6.07) is 0. The molecule has 0 fully saturated rings. The molecule has 0 aliphatic carbocycles. The number of aromatic carboxylic acids is 1. The number of carbonyl (C=O) groups is 1. The first-order chi connectivity index (χ1) is 7.47. The molecule has 1 N–H and O–H groups in total. The van der Waals surface area contributed by atoms with Gasteiger partial charge in [-0.3, -0.25) is 0 Å². The fourth-order valence-electron chi connectivity index (χ4n) is 1.48. The van der Waals surface area contributed by atoms with Gasteiger partial charge in [0.05, 0.1) is 0 Å². The smallest absolute Gasteiger partial charge is 0.354 e. The summed E-state index contributed by atoms with van der Waals surface area (Å²) in [6.45, 7) is 5.61. The van der Waals surface area contributed by atoms with Gasteiger partial charge in [0.1, 0.15) is 6.10 Å². The lowest BCUT2D eigenvalue weighted by Crippen LogP contribution is -2.16. The van der Waals surface area contributed by atoms with E-state index in [1.165, 1.54) is 6.20 Å². The van der Waals surface area contributed by atoms with Gasteiger partial charge in [0, 0.05) is 18.9 Å². The van der Waals surface area contributed by atoms with Crippen LogP contribution in [0, 0.1) is 12.8 Å². The minimum atomic E-state index is -1.04. The molecule has 0 aromatic carbocycles. The Balaban J connectivity index is 3.15. The van der Waals surface area contributed by atoms with E-state index in [0.29, 0.717) is 11.4 Å². The number of carboxylic acid groups (broad SMARTS) is 1. The van der Waals surface area contributed by atoms with Crippen LogP contribution in [0.3, 0.4) is 0 Å². The number of hydrogen-bond acceptors (Lipinski definition) is 4. The Bertz CT molecular complexity index is 391. The fourth-order valence-corrected chi connectivity index (χ4v) is 1.48. The maximum atomic E-state index is 10.9. The van der Waals surface area contributed by atoms with Gasteiger partial charge in [0.15, 0.2) is 11.5 Å². The van der Waals surface area contributed by atoms with Crippen LogP contribution < -0.4 is 0 Å². The second kappa shape index (κ2) is 5.03. The van der Waals surface area contributed by atoms with Gasteiger partial charge in [-0.1, -0.05) is 13.8 Å². The van der Waals surface area contributed by atoms with Crippen molar-refractivity contribution in [2.24, 2.45) is 5.92 Å². The molecule has 0 amide bonds. The van der Waals surface area contributed by atoms with Crippen LogP contribution in [-0.2, 0) is 4.74 Å². The van der Waals surface area contributed by atoms with Crippen LogP contribution in [0.1, 0.15) is 41.8 Å². The molecular formula is C11H16N2O3. The van der Waals surface area contributed by atoms with Crippen LogP contribution in [-0.4, -0.2) is 28.2 Å². The van der Waals surface area contributed by atoms with Crippen molar-refractivity contribution in [1.29, 1.82) is 0 Å². The third kappa shape index (κ3) is 2.55. The van der Waals surface area contributed by atoms with E-state index >= 15 is 0 Å². The molecule has 88 valence electrons.